The molecule has 5 unspecified atom stereocenters. The molecule has 0 saturated carbocycles. The molecular weight excluding hydrogens is 1220 g/mol. The molecule has 0 amide bonds. The van der Waals surface area contributed by atoms with E-state index in [1.54, 1.807) is 0 Å². The molecule has 0 fully saturated rings. The molecule has 18 heteroatoms. The molecule has 0 radical (unpaired) electrons. The number of hydrogen-bond donors (Lipinski definition) is 4. The van der Waals surface area contributed by atoms with Gasteiger partial charge in [-0.3, -0.25) is 32.5 Å². The van der Waals surface area contributed by atoms with Gasteiger partial charge in [-0.2, -0.15) is 0 Å². The molecule has 5 atom stereocenters. The highest BCUT2D eigenvalue weighted by Gasteiger charge is 2.29. The Kier molecular flexibility index (Phi) is 62.8. The highest BCUT2D eigenvalue weighted by molar-refractivity contribution is 7.47. The fourth-order valence-electron chi connectivity index (χ4n) is 8.00. The zero-order valence-corrected chi connectivity index (χ0v) is 58.4. The fraction of sp³-hybridized carbons (Fsp3) is 0.560. The van der Waals surface area contributed by atoms with Crippen molar-refractivity contribution in [1.29, 1.82) is 0 Å². The molecule has 0 aliphatic carbocycles. The summed E-state index contributed by atoms with van der Waals surface area (Å²) in [6.45, 7) is 2.15. The number of ether oxygens (including phenoxy) is 3. The lowest BCUT2D eigenvalue weighted by Gasteiger charge is -2.21. The van der Waals surface area contributed by atoms with Crippen LogP contribution in [0.15, 0.2) is 182 Å². The molecular formula is C75H118O16P2. The number of aliphatic hydroxyl groups excluding tert-OH is 2. The molecule has 0 aromatic rings. The van der Waals surface area contributed by atoms with Gasteiger partial charge in [0.1, 0.15) is 25.4 Å². The Hall–Kier alpha value is -5.35. The van der Waals surface area contributed by atoms with Crippen LogP contribution in [0.2, 0.25) is 0 Å². The number of phosphoric acid groups is 2. The van der Waals surface area contributed by atoms with Gasteiger partial charge in [0, 0.05) is 19.3 Å². The summed E-state index contributed by atoms with van der Waals surface area (Å²) in [6.07, 6.45) is 83.8. The average molecular weight is 1340 g/mol. The van der Waals surface area contributed by atoms with Crippen LogP contribution in [0.25, 0.3) is 0 Å². The molecule has 0 bridgehead atoms. The Morgan fingerprint density at radius 1 is 0.301 bits per heavy atom. The van der Waals surface area contributed by atoms with Crippen molar-refractivity contribution in [3.05, 3.63) is 182 Å². The van der Waals surface area contributed by atoms with Gasteiger partial charge in [-0.1, -0.05) is 222 Å². The van der Waals surface area contributed by atoms with Gasteiger partial charge in [-0.25, -0.2) is 9.13 Å². The maximum Gasteiger partial charge on any atom is 0.472 e. The van der Waals surface area contributed by atoms with Crippen LogP contribution < -0.4 is 0 Å². The number of esters is 3. The van der Waals surface area contributed by atoms with Crippen LogP contribution in [0.5, 0.6) is 0 Å². The Bertz CT molecular complexity index is 2420. The third-order valence-electron chi connectivity index (χ3n) is 13.1. The van der Waals surface area contributed by atoms with E-state index in [0.717, 1.165) is 154 Å². The molecule has 0 spiro atoms. The number of aliphatic hydroxyl groups is 2. The number of unbranched alkanes of at least 4 members (excludes halogenated alkanes) is 9. The second-order valence-electron chi connectivity index (χ2n) is 21.8. The summed E-state index contributed by atoms with van der Waals surface area (Å²) in [5.41, 5.74) is 0. The molecule has 524 valence electrons. The van der Waals surface area contributed by atoms with Crippen LogP contribution in [0, 0.1) is 0 Å². The van der Waals surface area contributed by atoms with E-state index < -0.39 is 91.5 Å². The minimum atomic E-state index is -4.95. The smallest absolute Gasteiger partial charge is 0.463 e. The van der Waals surface area contributed by atoms with E-state index in [2.05, 4.69) is 203 Å². The normalized spacial score (nSPS) is 15.3. The Balaban J connectivity index is 4.80. The lowest BCUT2D eigenvalue weighted by Crippen LogP contribution is -2.30. The van der Waals surface area contributed by atoms with Crippen molar-refractivity contribution in [2.24, 2.45) is 0 Å². The van der Waals surface area contributed by atoms with Crippen molar-refractivity contribution in [2.45, 2.75) is 232 Å². The quantitative estimate of drug-likeness (QED) is 0.0146. The van der Waals surface area contributed by atoms with E-state index in [9.17, 15) is 43.5 Å². The van der Waals surface area contributed by atoms with Crippen molar-refractivity contribution < 1.29 is 75.8 Å². The van der Waals surface area contributed by atoms with E-state index in [1.165, 1.54) is 0 Å². The van der Waals surface area contributed by atoms with Crippen molar-refractivity contribution in [3.8, 4) is 0 Å². The van der Waals surface area contributed by atoms with E-state index in [-0.39, 0.29) is 19.3 Å². The van der Waals surface area contributed by atoms with Crippen molar-refractivity contribution in [2.75, 3.05) is 39.6 Å². The van der Waals surface area contributed by atoms with Gasteiger partial charge >= 0.3 is 33.6 Å². The molecule has 0 aromatic carbocycles. The second-order valence-corrected chi connectivity index (χ2v) is 24.7. The molecule has 0 aliphatic heterocycles. The number of rotatable bonds is 62. The summed E-state index contributed by atoms with van der Waals surface area (Å²) in [6, 6.07) is 0. The fourth-order valence-corrected chi connectivity index (χ4v) is 9.58. The van der Waals surface area contributed by atoms with E-state index in [1.807, 2.05) is 0 Å². The second kappa shape index (κ2) is 66.7. The monoisotopic (exact) mass is 1340 g/mol. The van der Waals surface area contributed by atoms with Crippen molar-refractivity contribution in [1.82, 2.24) is 0 Å². The van der Waals surface area contributed by atoms with E-state index in [0.29, 0.717) is 19.3 Å². The van der Waals surface area contributed by atoms with Crippen LogP contribution in [0.4, 0.5) is 0 Å². The van der Waals surface area contributed by atoms with E-state index >= 15 is 0 Å². The minimum absolute atomic E-state index is 0.0658. The molecule has 0 aliphatic rings. The van der Waals surface area contributed by atoms with Gasteiger partial charge in [0.05, 0.1) is 26.4 Å². The third kappa shape index (κ3) is 67.9. The topological polar surface area (TPSA) is 231 Å². The zero-order valence-electron chi connectivity index (χ0n) is 56.6. The molecule has 4 N–H and O–H groups in total. The summed E-state index contributed by atoms with van der Waals surface area (Å²) >= 11 is 0. The summed E-state index contributed by atoms with van der Waals surface area (Å²) in [4.78, 5) is 58.4. The van der Waals surface area contributed by atoms with Crippen molar-refractivity contribution in [3.63, 3.8) is 0 Å². The standard InChI is InChI=1S/C75H118O16P2/c1-4-7-10-13-16-19-22-25-28-30-32-34-36-38-41-43-46-49-52-55-58-61-73(78)85-64-70(76)65-87-92(81,82)88-66-71(77)67-89-93(83,84)90-69-72(91-75(80)63-60-57-54-51-48-45-40-27-24-21-18-15-12-9-6-3)68-86-74(79)62-59-56-53-50-47-44-42-39-37-35-33-31-29-26-23-20-17-14-11-8-5-2/h7-12,16-21,25-29,32-35,38-42,46-47,49-50,70-72,76-77H,4-6,13-15,22-24,30-31,36-37,43-45,48,51-69H2,1-3H3,(H,81,82)(H,83,84)/b10-7-,11-8-,12-9-,19-16-,20-17-,21-18-,28-25-,29-26-,34-32-,35-33-,40-27-,41-38-,42-39-,49-46-,50-47-. The first-order valence-electron chi connectivity index (χ1n) is 34.1. The summed E-state index contributed by atoms with van der Waals surface area (Å²) < 4.78 is 60.8. The summed E-state index contributed by atoms with van der Waals surface area (Å²) in [5.74, 6) is -1.71. The van der Waals surface area contributed by atoms with Gasteiger partial charge < -0.3 is 34.2 Å². The number of allylic oxidation sites excluding steroid dienone is 30. The summed E-state index contributed by atoms with van der Waals surface area (Å²) in [5, 5.41) is 20.5. The van der Waals surface area contributed by atoms with Gasteiger partial charge in [0.25, 0.3) is 0 Å². The maximum atomic E-state index is 12.9. The zero-order chi connectivity index (χ0) is 68.1. The lowest BCUT2D eigenvalue weighted by molar-refractivity contribution is -0.161. The maximum absolute atomic E-state index is 12.9. The van der Waals surface area contributed by atoms with Crippen LogP contribution in [-0.4, -0.2) is 95.9 Å². The Morgan fingerprint density at radius 2 is 0.538 bits per heavy atom. The molecule has 0 saturated heterocycles. The van der Waals surface area contributed by atoms with Gasteiger partial charge in [0.2, 0.25) is 0 Å². The highest BCUT2D eigenvalue weighted by atomic mass is 31.2. The largest absolute Gasteiger partial charge is 0.472 e. The third-order valence-corrected chi connectivity index (χ3v) is 15.0. The van der Waals surface area contributed by atoms with Gasteiger partial charge in [-0.15, -0.1) is 0 Å². The molecule has 93 heavy (non-hydrogen) atoms. The van der Waals surface area contributed by atoms with Gasteiger partial charge in [0.15, 0.2) is 6.10 Å². The lowest BCUT2D eigenvalue weighted by atomic mass is 10.1. The first-order valence-corrected chi connectivity index (χ1v) is 37.1. The van der Waals surface area contributed by atoms with Gasteiger partial charge in [-0.05, 0) is 154 Å². The first-order chi connectivity index (χ1) is 45.2. The molecule has 0 aromatic heterocycles. The number of carbonyl (C=O) groups is 3. The van der Waals surface area contributed by atoms with E-state index in [4.69, 9.17) is 32.3 Å². The number of hydrogen-bond acceptors (Lipinski definition) is 14. The van der Waals surface area contributed by atoms with Crippen LogP contribution >= 0.6 is 15.6 Å². The minimum Gasteiger partial charge on any atom is -0.463 e. The first kappa shape index (κ1) is 87.7. The van der Waals surface area contributed by atoms with Crippen LogP contribution in [-0.2, 0) is 55.8 Å². The molecule has 16 nitrogen and oxygen atoms in total. The Labute approximate surface area is 560 Å². The average Bonchev–Trinajstić information content (AvgIpc) is 3.71. The summed E-state index contributed by atoms with van der Waals surface area (Å²) in [7, 11) is -9.83. The highest BCUT2D eigenvalue weighted by Crippen LogP contribution is 2.45. The predicted molar refractivity (Wildman–Crippen MR) is 380 cm³/mol. The predicted octanol–water partition coefficient (Wildman–Crippen LogP) is 19.1. The molecule has 0 rings (SSSR count). The van der Waals surface area contributed by atoms with Crippen LogP contribution in [0.3, 0.4) is 0 Å². The van der Waals surface area contributed by atoms with Crippen molar-refractivity contribution >= 4 is 33.6 Å². The Morgan fingerprint density at radius 3 is 0.871 bits per heavy atom. The SMILES string of the molecule is CC/C=C\C/C=C\C/C=C\C/C=C\C/C=C\C/C=C\CCCCC(=O)OCC(O)COP(=O)(O)OCC(O)COP(=O)(O)OCC(COC(=O)CCCC/C=C\C/C=C\C/C=C\C/C=C\C/C=C\C/C=C\CC)OC(=O)CCCCCCC/C=C\C/C=C\C/C=C\CC. The molecule has 0 heterocycles. The number of phosphoric ester groups is 2. The number of carbonyl (C=O) groups excluding carboxylic acids is 3. The van der Waals surface area contributed by atoms with Crippen LogP contribution in [0.1, 0.15) is 213 Å².